The van der Waals surface area contributed by atoms with Crippen LogP contribution >= 0.6 is 11.6 Å². The Morgan fingerprint density at radius 1 is 1.53 bits per heavy atom. The molecule has 15 heavy (non-hydrogen) atoms. The fourth-order valence-electron chi connectivity index (χ4n) is 1.20. The van der Waals surface area contributed by atoms with Crippen LogP contribution in [-0.2, 0) is 4.74 Å². The Bertz CT molecular complexity index is 373. The van der Waals surface area contributed by atoms with Gasteiger partial charge in [-0.3, -0.25) is 0 Å². The quantitative estimate of drug-likeness (QED) is 0.791. The van der Waals surface area contributed by atoms with E-state index >= 15 is 0 Å². The average Bonchev–Trinajstić information content (AvgIpc) is 2.18. The first-order valence-electron chi connectivity index (χ1n) is 4.53. The van der Waals surface area contributed by atoms with Gasteiger partial charge in [0.2, 0.25) is 0 Å². The fourth-order valence-corrected chi connectivity index (χ4v) is 1.40. The number of hydrogen-bond acceptors (Lipinski definition) is 3. The van der Waals surface area contributed by atoms with Gasteiger partial charge in [0.25, 0.3) is 0 Å². The number of nitriles is 1. The van der Waals surface area contributed by atoms with E-state index in [1.807, 2.05) is 13.0 Å². The van der Waals surface area contributed by atoms with E-state index in [0.29, 0.717) is 22.9 Å². The van der Waals surface area contributed by atoms with Crippen LogP contribution in [0.25, 0.3) is 0 Å². The highest BCUT2D eigenvalue weighted by atomic mass is 35.5. The van der Waals surface area contributed by atoms with Crippen LogP contribution in [0.1, 0.15) is 12.5 Å². The van der Waals surface area contributed by atoms with Crippen molar-refractivity contribution in [1.82, 2.24) is 0 Å². The van der Waals surface area contributed by atoms with Gasteiger partial charge in [-0.05, 0) is 19.1 Å². The summed E-state index contributed by atoms with van der Waals surface area (Å²) in [5.41, 5.74) is 0.363. The van der Waals surface area contributed by atoms with Crippen molar-refractivity contribution in [2.75, 3.05) is 13.7 Å². The smallest absolute Gasteiger partial charge is 0.139 e. The van der Waals surface area contributed by atoms with Crippen molar-refractivity contribution in [3.8, 4) is 11.8 Å². The zero-order valence-corrected chi connectivity index (χ0v) is 9.41. The molecule has 0 saturated carbocycles. The Morgan fingerprint density at radius 2 is 2.27 bits per heavy atom. The zero-order chi connectivity index (χ0) is 11.3. The summed E-state index contributed by atoms with van der Waals surface area (Å²) in [6.45, 7) is 2.34. The molecule has 0 fully saturated rings. The first-order valence-corrected chi connectivity index (χ1v) is 4.91. The minimum Gasteiger partial charge on any atom is -0.487 e. The topological polar surface area (TPSA) is 42.2 Å². The first-order chi connectivity index (χ1) is 7.19. The lowest BCUT2D eigenvalue weighted by molar-refractivity contribution is 0.0919. The van der Waals surface area contributed by atoms with Gasteiger partial charge in [-0.2, -0.15) is 5.26 Å². The zero-order valence-electron chi connectivity index (χ0n) is 8.66. The molecule has 80 valence electrons. The van der Waals surface area contributed by atoms with Gasteiger partial charge >= 0.3 is 0 Å². The molecule has 0 amide bonds. The molecular formula is C11H12ClNO2. The molecule has 1 aromatic rings. The predicted octanol–water partition coefficient (Wildman–Crippen LogP) is 2.63. The molecule has 4 heteroatoms. The van der Waals surface area contributed by atoms with Crippen LogP contribution in [0.2, 0.25) is 5.02 Å². The molecule has 1 rings (SSSR count). The molecule has 0 aliphatic heterocycles. The van der Waals surface area contributed by atoms with Crippen molar-refractivity contribution < 1.29 is 9.47 Å². The van der Waals surface area contributed by atoms with Crippen LogP contribution in [0.5, 0.6) is 5.75 Å². The second-order valence-corrected chi connectivity index (χ2v) is 3.52. The van der Waals surface area contributed by atoms with E-state index in [9.17, 15) is 0 Å². The number of rotatable bonds is 4. The van der Waals surface area contributed by atoms with E-state index < -0.39 is 0 Å². The van der Waals surface area contributed by atoms with Crippen LogP contribution in [0.15, 0.2) is 18.2 Å². The third-order valence-electron chi connectivity index (χ3n) is 1.82. The standard InChI is InChI=1S/C11H12ClNO2/c1-8(7-14-2)15-11-5-3-4-10(12)9(11)6-13/h3-5,8H,7H2,1-2H3. The highest BCUT2D eigenvalue weighted by molar-refractivity contribution is 6.31. The lowest BCUT2D eigenvalue weighted by atomic mass is 10.2. The van der Waals surface area contributed by atoms with E-state index in [2.05, 4.69) is 0 Å². The van der Waals surface area contributed by atoms with Crippen LogP contribution in [0, 0.1) is 11.3 Å². The molecule has 0 aliphatic rings. The molecule has 1 atom stereocenters. The predicted molar refractivity (Wildman–Crippen MR) is 58.1 cm³/mol. The van der Waals surface area contributed by atoms with Gasteiger partial charge in [0.15, 0.2) is 0 Å². The van der Waals surface area contributed by atoms with Crippen molar-refractivity contribution in [2.24, 2.45) is 0 Å². The van der Waals surface area contributed by atoms with Gasteiger partial charge in [0.1, 0.15) is 23.5 Å². The Morgan fingerprint density at radius 3 is 2.87 bits per heavy atom. The number of methoxy groups -OCH3 is 1. The Labute approximate surface area is 94.2 Å². The highest BCUT2D eigenvalue weighted by Gasteiger charge is 2.10. The fraction of sp³-hybridized carbons (Fsp3) is 0.364. The largest absolute Gasteiger partial charge is 0.487 e. The summed E-state index contributed by atoms with van der Waals surface area (Å²) in [7, 11) is 1.60. The number of hydrogen-bond donors (Lipinski definition) is 0. The van der Waals surface area contributed by atoms with E-state index in [1.54, 1.807) is 25.3 Å². The Balaban J connectivity index is 2.86. The van der Waals surface area contributed by atoms with E-state index in [4.69, 9.17) is 26.3 Å². The summed E-state index contributed by atoms with van der Waals surface area (Å²) < 4.78 is 10.5. The molecule has 0 aromatic heterocycles. The van der Waals surface area contributed by atoms with Crippen LogP contribution in [-0.4, -0.2) is 19.8 Å². The summed E-state index contributed by atoms with van der Waals surface area (Å²) in [5.74, 6) is 0.495. The van der Waals surface area contributed by atoms with Gasteiger partial charge in [-0.15, -0.1) is 0 Å². The number of benzene rings is 1. The van der Waals surface area contributed by atoms with E-state index in [1.165, 1.54) is 0 Å². The maximum Gasteiger partial charge on any atom is 0.139 e. The van der Waals surface area contributed by atoms with E-state index in [-0.39, 0.29) is 6.10 Å². The van der Waals surface area contributed by atoms with Crippen molar-refractivity contribution in [3.05, 3.63) is 28.8 Å². The number of halogens is 1. The molecule has 1 unspecified atom stereocenters. The molecule has 0 spiro atoms. The normalized spacial score (nSPS) is 11.9. The summed E-state index contributed by atoms with van der Waals surface area (Å²) in [5, 5.41) is 9.30. The molecule has 0 aliphatic carbocycles. The molecule has 3 nitrogen and oxygen atoms in total. The van der Waals surface area contributed by atoms with Gasteiger partial charge in [-0.1, -0.05) is 17.7 Å². The Kier molecular flexibility index (Phi) is 4.41. The number of ether oxygens (including phenoxy) is 2. The van der Waals surface area contributed by atoms with E-state index in [0.717, 1.165) is 0 Å². The summed E-state index contributed by atoms with van der Waals surface area (Å²) in [4.78, 5) is 0. The lowest BCUT2D eigenvalue weighted by Gasteiger charge is -2.14. The van der Waals surface area contributed by atoms with Crippen LogP contribution < -0.4 is 4.74 Å². The second kappa shape index (κ2) is 5.59. The second-order valence-electron chi connectivity index (χ2n) is 3.11. The highest BCUT2D eigenvalue weighted by Crippen LogP contribution is 2.26. The minimum atomic E-state index is -0.111. The monoisotopic (exact) mass is 225 g/mol. The molecule has 1 aromatic carbocycles. The van der Waals surface area contributed by atoms with Crippen molar-refractivity contribution in [1.29, 1.82) is 5.26 Å². The first kappa shape index (κ1) is 11.8. The molecule has 0 N–H and O–H groups in total. The van der Waals surface area contributed by atoms with Gasteiger partial charge in [-0.25, -0.2) is 0 Å². The molecule has 0 heterocycles. The van der Waals surface area contributed by atoms with Crippen molar-refractivity contribution in [2.45, 2.75) is 13.0 Å². The van der Waals surface area contributed by atoms with Crippen molar-refractivity contribution in [3.63, 3.8) is 0 Å². The van der Waals surface area contributed by atoms with Crippen LogP contribution in [0.3, 0.4) is 0 Å². The lowest BCUT2D eigenvalue weighted by Crippen LogP contribution is -2.18. The molecule has 0 radical (unpaired) electrons. The summed E-state index contributed by atoms with van der Waals surface area (Å²) in [6.07, 6.45) is -0.111. The third-order valence-corrected chi connectivity index (χ3v) is 2.13. The molecule has 0 bridgehead atoms. The molecular weight excluding hydrogens is 214 g/mol. The average molecular weight is 226 g/mol. The Hall–Kier alpha value is -1.24. The number of nitrogens with zero attached hydrogens (tertiary/aromatic N) is 1. The third kappa shape index (κ3) is 3.12. The van der Waals surface area contributed by atoms with Gasteiger partial charge in [0.05, 0.1) is 11.6 Å². The maximum atomic E-state index is 8.90. The van der Waals surface area contributed by atoms with Crippen LogP contribution in [0.4, 0.5) is 0 Å². The molecule has 0 saturated heterocycles. The van der Waals surface area contributed by atoms with Crippen molar-refractivity contribution >= 4 is 11.6 Å². The summed E-state index contributed by atoms with van der Waals surface area (Å²) >= 11 is 5.86. The maximum absolute atomic E-state index is 8.90. The SMILES string of the molecule is COCC(C)Oc1cccc(Cl)c1C#N. The van der Waals surface area contributed by atoms with Gasteiger partial charge < -0.3 is 9.47 Å². The summed E-state index contributed by atoms with van der Waals surface area (Å²) in [6, 6.07) is 7.14. The van der Waals surface area contributed by atoms with Gasteiger partial charge in [0, 0.05) is 7.11 Å². The minimum absolute atomic E-state index is 0.111.